The molecule has 98 valence electrons. The van der Waals surface area contributed by atoms with E-state index in [1.807, 2.05) is 0 Å². The zero-order valence-corrected chi connectivity index (χ0v) is 10.4. The van der Waals surface area contributed by atoms with Crippen LogP contribution in [0.5, 0.6) is 0 Å². The van der Waals surface area contributed by atoms with Crippen LogP contribution in [0.25, 0.3) is 22.8 Å². The maximum absolute atomic E-state index is 13.5. The summed E-state index contributed by atoms with van der Waals surface area (Å²) in [6.07, 6.45) is 3.32. The third kappa shape index (κ3) is 1.93. The third-order valence-corrected chi connectivity index (χ3v) is 2.74. The second kappa shape index (κ2) is 4.59. The summed E-state index contributed by atoms with van der Waals surface area (Å²) in [6.45, 7) is 0. The molecule has 1 aromatic carbocycles. The lowest BCUT2D eigenvalue weighted by atomic mass is 10.1. The molecular weight excluding hydrogens is 261 g/mol. The van der Waals surface area contributed by atoms with Crippen molar-refractivity contribution in [2.75, 3.05) is 0 Å². The van der Waals surface area contributed by atoms with E-state index in [4.69, 9.17) is 9.78 Å². The highest BCUT2D eigenvalue weighted by Crippen LogP contribution is 2.25. The summed E-state index contributed by atoms with van der Waals surface area (Å²) in [4.78, 5) is 4.16. The van der Waals surface area contributed by atoms with Crippen LogP contribution >= 0.6 is 0 Å². The van der Waals surface area contributed by atoms with Gasteiger partial charge in [-0.2, -0.15) is 15.3 Å². The van der Waals surface area contributed by atoms with Crippen molar-refractivity contribution in [3.63, 3.8) is 0 Å². The lowest BCUT2D eigenvalue weighted by molar-refractivity contribution is 0.432. The van der Waals surface area contributed by atoms with Crippen LogP contribution in [0.2, 0.25) is 0 Å². The smallest absolute Gasteiger partial charge is 0.259 e. The number of rotatable bonds is 2. The second-order valence-electron chi connectivity index (χ2n) is 4.10. The first-order valence-corrected chi connectivity index (χ1v) is 5.71. The molecule has 3 rings (SSSR count). The molecule has 0 aliphatic heterocycles. The zero-order chi connectivity index (χ0) is 14.1. The Kier molecular flexibility index (Phi) is 2.76. The summed E-state index contributed by atoms with van der Waals surface area (Å²) in [6, 6.07) is 6.05. The van der Waals surface area contributed by atoms with Gasteiger partial charge in [0.25, 0.3) is 5.89 Å². The van der Waals surface area contributed by atoms with Gasteiger partial charge in [0.1, 0.15) is 17.4 Å². The molecule has 0 atom stereocenters. The Morgan fingerprint density at radius 1 is 1.40 bits per heavy atom. The van der Waals surface area contributed by atoms with Crippen molar-refractivity contribution in [3.05, 3.63) is 42.0 Å². The number of aromatic nitrogens is 4. The third-order valence-electron chi connectivity index (χ3n) is 2.74. The fraction of sp³-hybridized carbons (Fsp3) is 0.0769. The molecule has 0 saturated carbocycles. The first-order chi connectivity index (χ1) is 9.69. The fourth-order valence-electron chi connectivity index (χ4n) is 1.80. The van der Waals surface area contributed by atoms with Gasteiger partial charge in [0.05, 0.1) is 17.3 Å². The maximum Gasteiger partial charge on any atom is 0.259 e. The predicted octanol–water partition coefficient (Wildman–Crippen LogP) is 2.15. The molecule has 0 bridgehead atoms. The summed E-state index contributed by atoms with van der Waals surface area (Å²) >= 11 is 0. The number of hydrogen-bond donors (Lipinski definition) is 0. The highest BCUT2D eigenvalue weighted by atomic mass is 19.1. The lowest BCUT2D eigenvalue weighted by Crippen LogP contribution is -1.89. The van der Waals surface area contributed by atoms with E-state index in [-0.39, 0.29) is 17.0 Å². The quantitative estimate of drug-likeness (QED) is 0.712. The van der Waals surface area contributed by atoms with Crippen LogP contribution in [0.1, 0.15) is 5.56 Å². The molecule has 6 nitrogen and oxygen atoms in total. The van der Waals surface area contributed by atoms with Crippen molar-refractivity contribution in [1.82, 2.24) is 19.9 Å². The topological polar surface area (TPSA) is 80.5 Å². The first-order valence-electron chi connectivity index (χ1n) is 5.71. The Hall–Kier alpha value is -3.01. The number of hydrogen-bond acceptors (Lipinski definition) is 5. The summed E-state index contributed by atoms with van der Waals surface area (Å²) in [5.41, 5.74) is 0.835. The Bertz CT molecular complexity index is 814. The van der Waals surface area contributed by atoms with Crippen molar-refractivity contribution in [2.24, 2.45) is 7.05 Å². The van der Waals surface area contributed by atoms with E-state index < -0.39 is 5.82 Å². The molecule has 0 aliphatic carbocycles. The van der Waals surface area contributed by atoms with E-state index in [1.54, 1.807) is 36.3 Å². The summed E-state index contributed by atoms with van der Waals surface area (Å²) in [5.74, 6) is -0.188. The lowest BCUT2D eigenvalue weighted by Gasteiger charge is -1.98. The Morgan fingerprint density at radius 3 is 2.95 bits per heavy atom. The molecule has 0 saturated heterocycles. The average molecular weight is 269 g/mol. The molecule has 3 aromatic rings. The van der Waals surface area contributed by atoms with Crippen LogP contribution < -0.4 is 0 Å². The van der Waals surface area contributed by atoms with E-state index in [0.717, 1.165) is 0 Å². The summed E-state index contributed by atoms with van der Waals surface area (Å²) in [5, 5.41) is 16.8. The van der Waals surface area contributed by atoms with Crippen LogP contribution in [0.15, 0.2) is 35.1 Å². The SMILES string of the molecule is Cn1cc(-c2noc(-c3cccc(F)c3C#N)n2)cn1. The number of benzene rings is 1. The molecular formula is C13H8FN5O. The van der Waals surface area contributed by atoms with Crippen LogP contribution in [0.3, 0.4) is 0 Å². The monoisotopic (exact) mass is 269 g/mol. The van der Waals surface area contributed by atoms with Crippen molar-refractivity contribution in [1.29, 1.82) is 5.26 Å². The van der Waals surface area contributed by atoms with Gasteiger partial charge >= 0.3 is 0 Å². The number of nitriles is 1. The highest BCUT2D eigenvalue weighted by molar-refractivity contribution is 5.65. The van der Waals surface area contributed by atoms with E-state index in [9.17, 15) is 4.39 Å². The summed E-state index contributed by atoms with van der Waals surface area (Å²) in [7, 11) is 1.77. The predicted molar refractivity (Wildman–Crippen MR) is 66.6 cm³/mol. The van der Waals surface area contributed by atoms with Gasteiger partial charge < -0.3 is 4.52 Å². The van der Waals surface area contributed by atoms with Crippen molar-refractivity contribution in [3.8, 4) is 28.9 Å². The standard InChI is InChI=1S/C13H8FN5O/c1-19-7-8(6-16-19)12-17-13(20-18-12)9-3-2-4-11(14)10(9)5-15/h2-4,6-7H,1H3. The molecule has 0 unspecified atom stereocenters. The molecule has 0 spiro atoms. The summed E-state index contributed by atoms with van der Waals surface area (Å²) < 4.78 is 20.2. The van der Waals surface area contributed by atoms with Crippen molar-refractivity contribution in [2.45, 2.75) is 0 Å². The van der Waals surface area contributed by atoms with E-state index in [0.29, 0.717) is 11.4 Å². The normalized spacial score (nSPS) is 10.4. The molecule has 0 aliphatic rings. The zero-order valence-electron chi connectivity index (χ0n) is 10.4. The van der Waals surface area contributed by atoms with Crippen molar-refractivity contribution < 1.29 is 8.91 Å². The van der Waals surface area contributed by atoms with Gasteiger partial charge in [-0.3, -0.25) is 4.68 Å². The van der Waals surface area contributed by atoms with Crippen LogP contribution in [-0.4, -0.2) is 19.9 Å². The van der Waals surface area contributed by atoms with Gasteiger partial charge in [0, 0.05) is 13.2 Å². The Morgan fingerprint density at radius 2 is 2.25 bits per heavy atom. The Labute approximate surface area is 113 Å². The largest absolute Gasteiger partial charge is 0.334 e. The molecule has 2 heterocycles. The van der Waals surface area contributed by atoms with Crippen LogP contribution in [0.4, 0.5) is 4.39 Å². The van der Waals surface area contributed by atoms with Gasteiger partial charge in [-0.1, -0.05) is 11.2 Å². The number of nitrogens with zero attached hydrogens (tertiary/aromatic N) is 5. The minimum absolute atomic E-state index is 0.0971. The van der Waals surface area contributed by atoms with E-state index >= 15 is 0 Å². The highest BCUT2D eigenvalue weighted by Gasteiger charge is 2.17. The number of halogens is 1. The Balaban J connectivity index is 2.07. The van der Waals surface area contributed by atoms with Gasteiger partial charge in [-0.25, -0.2) is 4.39 Å². The number of aryl methyl sites for hydroxylation is 1. The van der Waals surface area contributed by atoms with Gasteiger partial charge in [-0.05, 0) is 12.1 Å². The molecule has 0 radical (unpaired) electrons. The van der Waals surface area contributed by atoms with Gasteiger partial charge in [0.15, 0.2) is 0 Å². The maximum atomic E-state index is 13.5. The minimum Gasteiger partial charge on any atom is -0.334 e. The van der Waals surface area contributed by atoms with E-state index in [1.165, 1.54) is 12.1 Å². The van der Waals surface area contributed by atoms with Crippen LogP contribution in [-0.2, 0) is 7.05 Å². The molecule has 2 aromatic heterocycles. The minimum atomic E-state index is -0.619. The van der Waals surface area contributed by atoms with Crippen LogP contribution in [0, 0.1) is 17.1 Å². The molecule has 7 heteroatoms. The van der Waals surface area contributed by atoms with E-state index in [2.05, 4.69) is 15.2 Å². The second-order valence-corrected chi connectivity index (χ2v) is 4.10. The van der Waals surface area contributed by atoms with Crippen molar-refractivity contribution >= 4 is 0 Å². The fourth-order valence-corrected chi connectivity index (χ4v) is 1.80. The molecule has 0 amide bonds. The molecule has 20 heavy (non-hydrogen) atoms. The molecule has 0 fully saturated rings. The average Bonchev–Trinajstić information content (AvgIpc) is 3.07. The van der Waals surface area contributed by atoms with Gasteiger partial charge in [-0.15, -0.1) is 0 Å². The molecule has 0 N–H and O–H groups in total. The first kappa shape index (κ1) is 12.0. The van der Waals surface area contributed by atoms with Gasteiger partial charge in [0.2, 0.25) is 5.82 Å².